The molecule has 0 radical (unpaired) electrons. The first-order valence-corrected chi connectivity index (χ1v) is 7.08. The van der Waals surface area contributed by atoms with Gasteiger partial charge in [-0.05, 0) is 38.6 Å². The number of aromatic nitrogens is 2. The largest absolute Gasteiger partial charge is 0.334 e. The molecule has 0 bridgehead atoms. The fourth-order valence-corrected chi connectivity index (χ4v) is 2.86. The van der Waals surface area contributed by atoms with E-state index in [-0.39, 0.29) is 0 Å². The van der Waals surface area contributed by atoms with Crippen molar-refractivity contribution in [3.05, 3.63) is 18.2 Å². The number of hydrogen-bond acceptors (Lipinski definition) is 2. The van der Waals surface area contributed by atoms with Crippen LogP contribution in [-0.4, -0.2) is 22.1 Å². The van der Waals surface area contributed by atoms with Gasteiger partial charge in [0.05, 0.1) is 6.33 Å². The number of aryl methyl sites for hydroxylation is 1. The number of nitrogens with zero attached hydrogens (tertiary/aromatic N) is 2. The van der Waals surface area contributed by atoms with Gasteiger partial charge < -0.3 is 9.88 Å². The summed E-state index contributed by atoms with van der Waals surface area (Å²) >= 11 is 0. The Labute approximate surface area is 105 Å². The summed E-state index contributed by atoms with van der Waals surface area (Å²) in [5.74, 6) is 0.675. The lowest BCUT2D eigenvalue weighted by atomic mass is 10.00. The third kappa shape index (κ3) is 3.09. The molecule has 1 aromatic rings. The minimum atomic E-state index is 0.675. The van der Waals surface area contributed by atoms with Gasteiger partial charge in [0.2, 0.25) is 0 Å². The van der Waals surface area contributed by atoms with Crippen molar-refractivity contribution in [2.75, 3.05) is 6.54 Å². The highest BCUT2D eigenvalue weighted by molar-refractivity contribution is 5.06. The number of nitrogens with one attached hydrogen (secondary N) is 1. The predicted octanol–water partition coefficient (Wildman–Crippen LogP) is 2.93. The van der Waals surface area contributed by atoms with Gasteiger partial charge in [-0.3, -0.25) is 0 Å². The maximum absolute atomic E-state index is 4.33. The molecule has 1 N–H and O–H groups in total. The molecule has 1 saturated heterocycles. The normalized spacial score (nSPS) is 20.3. The predicted molar refractivity (Wildman–Crippen MR) is 71.2 cm³/mol. The minimum Gasteiger partial charge on any atom is -0.334 e. The molecule has 2 heterocycles. The summed E-state index contributed by atoms with van der Waals surface area (Å²) in [6.07, 6.45) is 10.4. The summed E-state index contributed by atoms with van der Waals surface area (Å²) in [7, 11) is 0. The van der Waals surface area contributed by atoms with Crippen LogP contribution in [0.3, 0.4) is 0 Å². The first kappa shape index (κ1) is 12.6. The van der Waals surface area contributed by atoms with Crippen LogP contribution in [0, 0.1) is 0 Å². The molecule has 1 aromatic heterocycles. The molecular formula is C14H25N3. The van der Waals surface area contributed by atoms with Gasteiger partial charge in [-0.2, -0.15) is 0 Å². The third-order valence-electron chi connectivity index (χ3n) is 4.03. The molecule has 1 aliphatic heterocycles. The zero-order valence-corrected chi connectivity index (χ0v) is 11.2. The summed E-state index contributed by atoms with van der Waals surface area (Å²) in [4.78, 5) is 4.33. The Morgan fingerprint density at radius 3 is 2.94 bits per heavy atom. The van der Waals surface area contributed by atoms with Crippen molar-refractivity contribution >= 4 is 0 Å². The molecule has 17 heavy (non-hydrogen) atoms. The molecule has 0 amide bonds. The first-order valence-electron chi connectivity index (χ1n) is 7.08. The third-order valence-corrected chi connectivity index (χ3v) is 4.03. The van der Waals surface area contributed by atoms with Crippen LogP contribution < -0.4 is 5.32 Å². The molecule has 1 aliphatic rings. The van der Waals surface area contributed by atoms with E-state index in [2.05, 4.69) is 34.9 Å². The molecule has 0 aliphatic carbocycles. The lowest BCUT2D eigenvalue weighted by Gasteiger charge is -2.17. The molecule has 1 fully saturated rings. The van der Waals surface area contributed by atoms with Crippen molar-refractivity contribution in [1.82, 2.24) is 14.9 Å². The van der Waals surface area contributed by atoms with E-state index in [1.54, 1.807) is 0 Å². The van der Waals surface area contributed by atoms with Crippen LogP contribution >= 0.6 is 0 Å². The molecule has 3 heteroatoms. The topological polar surface area (TPSA) is 29.9 Å². The van der Waals surface area contributed by atoms with Gasteiger partial charge in [0.25, 0.3) is 0 Å². The standard InChI is InChI=1S/C14H25N3/c1-3-12(4-2)14-10-15-11-17(14)9-7-13-6-5-8-16-13/h10-13,16H,3-9H2,1-2H3. The molecule has 0 saturated carbocycles. The Hall–Kier alpha value is -0.830. The van der Waals surface area contributed by atoms with Gasteiger partial charge in [0, 0.05) is 30.4 Å². The highest BCUT2D eigenvalue weighted by atomic mass is 15.1. The fourth-order valence-electron chi connectivity index (χ4n) is 2.86. The van der Waals surface area contributed by atoms with Gasteiger partial charge in [0.15, 0.2) is 0 Å². The molecule has 3 nitrogen and oxygen atoms in total. The second-order valence-electron chi connectivity index (χ2n) is 5.11. The Morgan fingerprint density at radius 1 is 1.47 bits per heavy atom. The summed E-state index contributed by atoms with van der Waals surface area (Å²) in [6.45, 7) is 6.85. The van der Waals surface area contributed by atoms with E-state index < -0.39 is 0 Å². The van der Waals surface area contributed by atoms with Gasteiger partial charge in [0.1, 0.15) is 0 Å². The second kappa shape index (κ2) is 6.20. The average Bonchev–Trinajstić information content (AvgIpc) is 2.99. The van der Waals surface area contributed by atoms with E-state index in [0.29, 0.717) is 5.92 Å². The van der Waals surface area contributed by atoms with E-state index in [1.807, 2.05) is 6.33 Å². The first-order chi connectivity index (χ1) is 8.35. The zero-order valence-electron chi connectivity index (χ0n) is 11.2. The average molecular weight is 235 g/mol. The molecule has 0 aromatic carbocycles. The molecule has 1 unspecified atom stereocenters. The Kier molecular flexibility index (Phi) is 4.60. The summed E-state index contributed by atoms with van der Waals surface area (Å²) in [5, 5.41) is 3.56. The van der Waals surface area contributed by atoms with Gasteiger partial charge >= 0.3 is 0 Å². The van der Waals surface area contributed by atoms with Crippen molar-refractivity contribution in [2.45, 2.75) is 64.5 Å². The van der Waals surface area contributed by atoms with Crippen molar-refractivity contribution in [1.29, 1.82) is 0 Å². The van der Waals surface area contributed by atoms with Crippen LogP contribution in [0.15, 0.2) is 12.5 Å². The summed E-state index contributed by atoms with van der Waals surface area (Å²) < 4.78 is 2.36. The van der Waals surface area contributed by atoms with Gasteiger partial charge in [-0.15, -0.1) is 0 Å². The molecule has 0 spiro atoms. The lowest BCUT2D eigenvalue weighted by Crippen LogP contribution is -2.23. The lowest BCUT2D eigenvalue weighted by molar-refractivity contribution is 0.482. The maximum atomic E-state index is 4.33. The van der Waals surface area contributed by atoms with Crippen LogP contribution in [0.4, 0.5) is 0 Å². The second-order valence-corrected chi connectivity index (χ2v) is 5.11. The van der Waals surface area contributed by atoms with Crippen LogP contribution in [0.2, 0.25) is 0 Å². The quantitative estimate of drug-likeness (QED) is 0.821. The molecule has 2 rings (SSSR count). The SMILES string of the molecule is CCC(CC)c1cncn1CCC1CCCN1. The van der Waals surface area contributed by atoms with E-state index in [1.165, 1.54) is 44.3 Å². The Bertz CT molecular complexity index is 322. The van der Waals surface area contributed by atoms with E-state index >= 15 is 0 Å². The smallest absolute Gasteiger partial charge is 0.0948 e. The molecule has 96 valence electrons. The molecule has 1 atom stereocenters. The van der Waals surface area contributed by atoms with Crippen molar-refractivity contribution in [3.63, 3.8) is 0 Å². The minimum absolute atomic E-state index is 0.675. The number of rotatable bonds is 6. The van der Waals surface area contributed by atoms with Crippen LogP contribution in [-0.2, 0) is 6.54 Å². The number of hydrogen-bond donors (Lipinski definition) is 1. The monoisotopic (exact) mass is 235 g/mol. The Morgan fingerprint density at radius 2 is 2.29 bits per heavy atom. The summed E-state index contributed by atoms with van der Waals surface area (Å²) in [5.41, 5.74) is 1.42. The van der Waals surface area contributed by atoms with E-state index in [0.717, 1.165) is 12.6 Å². The van der Waals surface area contributed by atoms with E-state index in [4.69, 9.17) is 0 Å². The van der Waals surface area contributed by atoms with Crippen LogP contribution in [0.5, 0.6) is 0 Å². The maximum Gasteiger partial charge on any atom is 0.0948 e. The summed E-state index contributed by atoms with van der Waals surface area (Å²) in [6, 6.07) is 0.729. The van der Waals surface area contributed by atoms with Crippen molar-refractivity contribution < 1.29 is 0 Å². The Balaban J connectivity index is 1.93. The van der Waals surface area contributed by atoms with E-state index in [9.17, 15) is 0 Å². The number of imidazole rings is 1. The zero-order chi connectivity index (χ0) is 12.1. The van der Waals surface area contributed by atoms with Gasteiger partial charge in [-0.1, -0.05) is 13.8 Å². The van der Waals surface area contributed by atoms with Crippen LogP contribution in [0.25, 0.3) is 0 Å². The van der Waals surface area contributed by atoms with Gasteiger partial charge in [-0.25, -0.2) is 4.98 Å². The highest BCUT2D eigenvalue weighted by Crippen LogP contribution is 2.23. The van der Waals surface area contributed by atoms with Crippen molar-refractivity contribution in [3.8, 4) is 0 Å². The molecular weight excluding hydrogens is 210 g/mol. The van der Waals surface area contributed by atoms with Crippen LogP contribution in [0.1, 0.15) is 57.6 Å². The van der Waals surface area contributed by atoms with Crippen molar-refractivity contribution in [2.24, 2.45) is 0 Å². The highest BCUT2D eigenvalue weighted by Gasteiger charge is 2.16. The fraction of sp³-hybridized carbons (Fsp3) is 0.786.